The summed E-state index contributed by atoms with van der Waals surface area (Å²) >= 11 is -2.45. The summed E-state index contributed by atoms with van der Waals surface area (Å²) in [6.45, 7) is 4.11. The second kappa shape index (κ2) is 4.71. The van der Waals surface area contributed by atoms with Gasteiger partial charge in [-0.05, 0) is 55.3 Å². The van der Waals surface area contributed by atoms with Gasteiger partial charge in [-0.1, -0.05) is 13.8 Å². The molecule has 3 nitrogen and oxygen atoms in total. The van der Waals surface area contributed by atoms with Crippen molar-refractivity contribution in [2.75, 3.05) is 12.3 Å². The first-order valence-electron chi connectivity index (χ1n) is 7.73. The van der Waals surface area contributed by atoms with Crippen LogP contribution in [0.1, 0.15) is 52.4 Å². The quantitative estimate of drug-likeness (QED) is 0.765. The van der Waals surface area contributed by atoms with Crippen molar-refractivity contribution in [1.29, 1.82) is 0 Å². The minimum Gasteiger partial charge on any atom is -0.306 e. The summed E-state index contributed by atoms with van der Waals surface area (Å²) in [6, 6.07) is 0. The van der Waals surface area contributed by atoms with Crippen LogP contribution in [0.25, 0.3) is 0 Å². The second-order valence-electron chi connectivity index (χ2n) is 8.59. The van der Waals surface area contributed by atoms with Crippen molar-refractivity contribution in [3.63, 3.8) is 0 Å². The van der Waals surface area contributed by atoms with Gasteiger partial charge in [-0.2, -0.15) is 0 Å². The molecular weight excluding hydrogens is 296 g/mol. The number of halogens is 2. The van der Waals surface area contributed by atoms with E-state index in [1.807, 2.05) is 0 Å². The molecule has 4 rings (SSSR count). The van der Waals surface area contributed by atoms with Crippen molar-refractivity contribution < 1.29 is 17.5 Å². The van der Waals surface area contributed by atoms with Crippen molar-refractivity contribution in [3.8, 4) is 0 Å². The summed E-state index contributed by atoms with van der Waals surface area (Å²) in [7, 11) is 0. The highest BCUT2D eigenvalue weighted by atomic mass is 32.2. The SMILES string of the molecule is CC12CC3CC(C)(C1)CC(NCC(F)(F)CS(=O)O)(C3)C2. The molecule has 0 saturated heterocycles. The van der Waals surface area contributed by atoms with Crippen LogP contribution in [0.15, 0.2) is 0 Å². The van der Waals surface area contributed by atoms with Crippen LogP contribution < -0.4 is 5.32 Å². The van der Waals surface area contributed by atoms with Gasteiger partial charge < -0.3 is 9.87 Å². The van der Waals surface area contributed by atoms with E-state index in [4.69, 9.17) is 4.55 Å². The van der Waals surface area contributed by atoms with Gasteiger partial charge in [0, 0.05) is 5.54 Å². The fourth-order valence-electron chi connectivity index (χ4n) is 6.19. The zero-order valence-electron chi connectivity index (χ0n) is 12.8. The summed E-state index contributed by atoms with van der Waals surface area (Å²) in [5, 5.41) is 3.13. The Bertz CT molecular complexity index is 453. The maximum Gasteiger partial charge on any atom is 0.273 e. The highest BCUT2D eigenvalue weighted by Gasteiger charge is 2.60. The Balaban J connectivity index is 1.72. The molecule has 0 radical (unpaired) electrons. The lowest BCUT2D eigenvalue weighted by atomic mass is 9.43. The van der Waals surface area contributed by atoms with Gasteiger partial charge in [-0.25, -0.2) is 13.0 Å². The van der Waals surface area contributed by atoms with Crippen LogP contribution in [0.2, 0.25) is 0 Å². The Labute approximate surface area is 127 Å². The number of rotatable bonds is 5. The highest BCUT2D eigenvalue weighted by molar-refractivity contribution is 7.79. The van der Waals surface area contributed by atoms with Crippen LogP contribution in [0.5, 0.6) is 0 Å². The third-order valence-corrected chi connectivity index (χ3v) is 6.35. The molecule has 3 atom stereocenters. The molecule has 3 unspecified atom stereocenters. The maximum absolute atomic E-state index is 13.7. The first-order valence-corrected chi connectivity index (χ1v) is 9.01. The molecule has 4 aliphatic carbocycles. The van der Waals surface area contributed by atoms with Crippen LogP contribution in [0.3, 0.4) is 0 Å². The molecule has 0 amide bonds. The third-order valence-electron chi connectivity index (χ3n) is 5.68. The van der Waals surface area contributed by atoms with Crippen LogP contribution in [0.4, 0.5) is 8.78 Å². The minimum atomic E-state index is -3.12. The average Bonchev–Trinajstić information content (AvgIpc) is 2.19. The van der Waals surface area contributed by atoms with Crippen LogP contribution >= 0.6 is 0 Å². The maximum atomic E-state index is 13.7. The monoisotopic (exact) mass is 321 g/mol. The highest BCUT2D eigenvalue weighted by Crippen LogP contribution is 2.66. The molecule has 21 heavy (non-hydrogen) atoms. The first kappa shape index (κ1) is 15.8. The molecule has 4 fully saturated rings. The van der Waals surface area contributed by atoms with E-state index < -0.39 is 29.3 Å². The molecule has 2 N–H and O–H groups in total. The predicted molar refractivity (Wildman–Crippen MR) is 78.7 cm³/mol. The number of nitrogens with one attached hydrogen (secondary N) is 1. The Morgan fingerprint density at radius 2 is 1.76 bits per heavy atom. The molecule has 0 aromatic rings. The van der Waals surface area contributed by atoms with E-state index in [-0.39, 0.29) is 16.4 Å². The van der Waals surface area contributed by atoms with Gasteiger partial charge in [-0.3, -0.25) is 0 Å². The standard InChI is InChI=1S/C15H25F2NO2S/c1-12-3-11-4-13(2,6-12)8-14(5-11,7-12)18-9-15(16,17)10-21(19)20/h11,18H,3-10H2,1-2H3,(H,19,20). The summed E-state index contributed by atoms with van der Waals surface area (Å²) in [5.74, 6) is -3.46. The van der Waals surface area contributed by atoms with E-state index in [1.165, 1.54) is 19.3 Å². The van der Waals surface area contributed by atoms with Gasteiger partial charge >= 0.3 is 0 Å². The van der Waals surface area contributed by atoms with Gasteiger partial charge in [-0.15, -0.1) is 0 Å². The fraction of sp³-hybridized carbons (Fsp3) is 1.00. The zero-order valence-corrected chi connectivity index (χ0v) is 13.6. The fourth-order valence-corrected chi connectivity index (χ4v) is 6.66. The Morgan fingerprint density at radius 3 is 2.24 bits per heavy atom. The molecular formula is C15H25F2NO2S. The zero-order chi connectivity index (χ0) is 15.5. The molecule has 122 valence electrons. The Morgan fingerprint density at radius 1 is 1.19 bits per heavy atom. The van der Waals surface area contributed by atoms with Crippen LogP contribution in [-0.2, 0) is 11.1 Å². The molecule has 0 spiro atoms. The van der Waals surface area contributed by atoms with Crippen LogP contribution in [-0.4, -0.2) is 32.5 Å². The van der Waals surface area contributed by atoms with Gasteiger partial charge in [0.1, 0.15) is 5.75 Å². The normalized spacial score (nSPS) is 46.8. The number of hydrogen-bond donors (Lipinski definition) is 2. The lowest BCUT2D eigenvalue weighted by molar-refractivity contribution is -0.124. The number of alkyl halides is 2. The van der Waals surface area contributed by atoms with Crippen molar-refractivity contribution in [1.82, 2.24) is 5.32 Å². The smallest absolute Gasteiger partial charge is 0.273 e. The molecule has 4 bridgehead atoms. The molecule has 0 aromatic carbocycles. The van der Waals surface area contributed by atoms with E-state index in [0.717, 1.165) is 19.3 Å². The Hall–Kier alpha value is -0.0700. The van der Waals surface area contributed by atoms with Crippen molar-refractivity contribution in [3.05, 3.63) is 0 Å². The van der Waals surface area contributed by atoms with Gasteiger partial charge in [0.15, 0.2) is 11.1 Å². The van der Waals surface area contributed by atoms with E-state index in [1.54, 1.807) is 0 Å². The largest absolute Gasteiger partial charge is 0.306 e. The Kier molecular flexibility index (Phi) is 3.55. The van der Waals surface area contributed by atoms with E-state index in [2.05, 4.69) is 19.2 Å². The topological polar surface area (TPSA) is 49.3 Å². The van der Waals surface area contributed by atoms with Gasteiger partial charge in [0.25, 0.3) is 5.92 Å². The predicted octanol–water partition coefficient (Wildman–Crippen LogP) is 3.18. The molecule has 0 heterocycles. The second-order valence-corrected chi connectivity index (χ2v) is 9.52. The van der Waals surface area contributed by atoms with Gasteiger partial charge in [0.05, 0.1) is 6.54 Å². The lowest BCUT2D eigenvalue weighted by Gasteiger charge is -2.65. The first-order chi connectivity index (χ1) is 9.53. The van der Waals surface area contributed by atoms with Crippen molar-refractivity contribution in [2.24, 2.45) is 16.7 Å². The molecule has 4 aliphatic rings. The summed E-state index contributed by atoms with van der Waals surface area (Å²) in [5.41, 5.74) is 0.357. The summed E-state index contributed by atoms with van der Waals surface area (Å²) in [6.07, 6.45) is 6.56. The summed E-state index contributed by atoms with van der Waals surface area (Å²) in [4.78, 5) is 0. The average molecular weight is 321 g/mol. The van der Waals surface area contributed by atoms with Crippen molar-refractivity contribution in [2.45, 2.75) is 63.8 Å². The molecule has 0 aromatic heterocycles. The molecule has 0 aliphatic heterocycles. The van der Waals surface area contributed by atoms with Crippen molar-refractivity contribution >= 4 is 11.1 Å². The molecule has 4 saturated carbocycles. The third kappa shape index (κ3) is 3.17. The summed E-state index contributed by atoms with van der Waals surface area (Å²) < 4.78 is 46.8. The van der Waals surface area contributed by atoms with E-state index in [0.29, 0.717) is 5.92 Å². The minimum absolute atomic E-state index is 0.191. The molecule has 6 heteroatoms. The van der Waals surface area contributed by atoms with E-state index >= 15 is 0 Å². The lowest BCUT2D eigenvalue weighted by Crippen LogP contribution is -2.65. The van der Waals surface area contributed by atoms with E-state index in [9.17, 15) is 13.0 Å². The number of hydrogen-bond acceptors (Lipinski definition) is 2. The van der Waals surface area contributed by atoms with Crippen LogP contribution in [0, 0.1) is 16.7 Å². The van der Waals surface area contributed by atoms with Gasteiger partial charge in [0.2, 0.25) is 0 Å².